The van der Waals surface area contributed by atoms with Gasteiger partial charge in [0.2, 0.25) is 0 Å². The van der Waals surface area contributed by atoms with E-state index in [-0.39, 0.29) is 67.0 Å². The van der Waals surface area contributed by atoms with Gasteiger partial charge in [0.15, 0.2) is 0 Å². The highest BCUT2D eigenvalue weighted by Gasteiger charge is 2.53. The average Bonchev–Trinajstić information content (AvgIpc) is 3.63. The molecule has 0 aromatic rings. The number of nitrogens with one attached hydrogen (secondary N) is 6. The van der Waals surface area contributed by atoms with Crippen LogP contribution in [0.1, 0.15) is 44.9 Å². The molecular formula is C27H46F6N8O. The highest BCUT2D eigenvalue weighted by atomic mass is 19.4. The highest BCUT2D eigenvalue weighted by molar-refractivity contribution is 5.08. The van der Waals surface area contributed by atoms with Crippen molar-refractivity contribution in [1.82, 2.24) is 41.9 Å². The predicted molar refractivity (Wildman–Crippen MR) is 144 cm³/mol. The summed E-state index contributed by atoms with van der Waals surface area (Å²) in [6.45, 7) is 0.115. The molecule has 6 N–H and O–H groups in total. The van der Waals surface area contributed by atoms with Crippen molar-refractivity contribution in [1.29, 1.82) is 0 Å². The number of hydrazine groups is 1. The van der Waals surface area contributed by atoms with Crippen LogP contribution in [0.3, 0.4) is 0 Å². The van der Waals surface area contributed by atoms with Gasteiger partial charge in [-0.2, -0.15) is 26.3 Å². The van der Waals surface area contributed by atoms with Crippen LogP contribution >= 0.6 is 0 Å². The maximum Gasteiger partial charge on any atom is 0.405 e. The summed E-state index contributed by atoms with van der Waals surface area (Å²) in [5.74, 6) is 0.954. The van der Waals surface area contributed by atoms with Crippen LogP contribution in [0.5, 0.6) is 0 Å². The number of ether oxygens (including phenoxy) is 1. The van der Waals surface area contributed by atoms with Gasteiger partial charge in [-0.25, -0.2) is 10.4 Å². The molecule has 6 fully saturated rings. The van der Waals surface area contributed by atoms with Gasteiger partial charge in [-0.15, -0.1) is 0 Å². The van der Waals surface area contributed by atoms with Crippen molar-refractivity contribution in [3.63, 3.8) is 0 Å². The van der Waals surface area contributed by atoms with E-state index in [4.69, 9.17) is 4.74 Å². The number of hydrogen-bond acceptors (Lipinski definition) is 9. The lowest BCUT2D eigenvalue weighted by atomic mass is 9.76. The molecule has 9 nitrogen and oxygen atoms in total. The smallest absolute Gasteiger partial charge is 0.366 e. The lowest BCUT2D eigenvalue weighted by Crippen LogP contribution is -2.72. The number of methoxy groups -OCH3 is 1. The molecule has 0 aromatic carbocycles. The highest BCUT2D eigenvalue weighted by Crippen LogP contribution is 2.41. The number of likely N-dealkylation sites (N-methyl/N-ethyl adjacent to an activating group) is 1. The van der Waals surface area contributed by atoms with Gasteiger partial charge in [0, 0.05) is 50.9 Å². The fourth-order valence-corrected chi connectivity index (χ4v) is 8.51. The van der Waals surface area contributed by atoms with Crippen molar-refractivity contribution in [2.24, 2.45) is 23.7 Å². The fraction of sp³-hybridized carbons (Fsp3) is 1.00. The van der Waals surface area contributed by atoms with Gasteiger partial charge in [-0.3, -0.25) is 26.2 Å². The lowest BCUT2D eigenvalue weighted by Gasteiger charge is -2.47. The first kappa shape index (κ1) is 31.2. The Morgan fingerprint density at radius 2 is 1.57 bits per heavy atom. The topological polar surface area (TPSA) is 87.9 Å². The zero-order chi connectivity index (χ0) is 29.8. The molecule has 6 aliphatic rings. The van der Waals surface area contributed by atoms with Crippen molar-refractivity contribution < 1.29 is 31.1 Å². The summed E-state index contributed by atoms with van der Waals surface area (Å²) in [5.41, 5.74) is 3.17. The molecule has 9 atom stereocenters. The average molecular weight is 613 g/mol. The second-order valence-corrected chi connectivity index (χ2v) is 13.5. The number of hydrogen-bond donors (Lipinski definition) is 6. The van der Waals surface area contributed by atoms with Crippen LogP contribution < -0.4 is 32.0 Å². The van der Waals surface area contributed by atoms with E-state index in [1.807, 2.05) is 0 Å². The Morgan fingerprint density at radius 1 is 0.857 bits per heavy atom. The van der Waals surface area contributed by atoms with Crippen molar-refractivity contribution in [3.8, 4) is 0 Å². The molecule has 0 spiro atoms. The second kappa shape index (κ2) is 12.2. The monoisotopic (exact) mass is 612 g/mol. The van der Waals surface area contributed by atoms with Crippen LogP contribution in [-0.4, -0.2) is 111 Å². The van der Waals surface area contributed by atoms with Gasteiger partial charge in [-0.05, 0) is 56.9 Å². The number of alkyl halides is 6. The standard InChI is InChI=1S/C27H46F6N8O/c1-40-11-19(27(31,32)33)37-24(40)16-5-3-14(4-6-16)9-18-22-17(39-41(18)12-26(28,29)30)10-34-23(38-22)20-21(15-7-8-15)35-13-36-25(20)42-2/h14-25,34-39H,3-13H2,1-2H3. The van der Waals surface area contributed by atoms with E-state index < -0.39 is 24.9 Å². The van der Waals surface area contributed by atoms with E-state index in [1.54, 1.807) is 19.1 Å². The third-order valence-electron chi connectivity index (χ3n) is 10.7. The fourth-order valence-electron chi connectivity index (χ4n) is 8.51. The molecule has 15 heteroatoms. The lowest BCUT2D eigenvalue weighted by molar-refractivity contribution is -0.155. The van der Waals surface area contributed by atoms with Crippen molar-refractivity contribution in [3.05, 3.63) is 0 Å². The summed E-state index contributed by atoms with van der Waals surface area (Å²) in [5, 5.41) is 18.5. The zero-order valence-electron chi connectivity index (χ0n) is 24.3. The number of rotatable bonds is 7. The van der Waals surface area contributed by atoms with Gasteiger partial charge >= 0.3 is 12.4 Å². The molecule has 9 unspecified atom stereocenters. The molecule has 242 valence electrons. The minimum absolute atomic E-state index is 0.0598. The van der Waals surface area contributed by atoms with Crippen LogP contribution in [0, 0.1) is 23.7 Å². The maximum atomic E-state index is 13.7. The molecule has 0 radical (unpaired) electrons. The van der Waals surface area contributed by atoms with E-state index in [0.29, 0.717) is 25.6 Å². The number of nitrogens with zero attached hydrogens (tertiary/aromatic N) is 2. The molecular weight excluding hydrogens is 566 g/mol. The first-order chi connectivity index (χ1) is 19.9. The normalized spacial score (nSPS) is 44.4. The van der Waals surface area contributed by atoms with Gasteiger partial charge in [0.1, 0.15) is 18.8 Å². The van der Waals surface area contributed by atoms with Crippen molar-refractivity contribution >= 4 is 0 Å². The Kier molecular flexibility index (Phi) is 9.06. The SMILES string of the molecule is COC1NCNC(C2CC2)C1C1NCC2NN(CC(F)(F)F)C(CC3CCC(C4NC(C(F)(F)F)CN4C)CC3)C2N1. The van der Waals surface area contributed by atoms with Gasteiger partial charge in [0.25, 0.3) is 0 Å². The van der Waals surface area contributed by atoms with E-state index in [9.17, 15) is 26.3 Å². The summed E-state index contributed by atoms with van der Waals surface area (Å²) >= 11 is 0. The Hall–Kier alpha value is -0.780. The largest absolute Gasteiger partial charge is 0.405 e. The molecule has 6 rings (SSSR count). The van der Waals surface area contributed by atoms with Crippen molar-refractivity contribution in [2.45, 2.75) is 106 Å². The van der Waals surface area contributed by atoms with Gasteiger partial charge in [-0.1, -0.05) is 12.8 Å². The Labute approximate surface area is 243 Å². The zero-order valence-corrected chi connectivity index (χ0v) is 24.3. The summed E-state index contributed by atoms with van der Waals surface area (Å²) < 4.78 is 86.8. The third kappa shape index (κ3) is 6.74. The molecule has 0 amide bonds. The molecule has 2 aliphatic carbocycles. The molecule has 2 saturated carbocycles. The van der Waals surface area contributed by atoms with Gasteiger partial charge in [0.05, 0.1) is 18.4 Å². The molecule has 42 heavy (non-hydrogen) atoms. The van der Waals surface area contributed by atoms with E-state index >= 15 is 0 Å². The van der Waals surface area contributed by atoms with Crippen LogP contribution in [-0.2, 0) is 4.74 Å². The number of halogens is 6. The quantitative estimate of drug-likeness (QED) is 0.240. The minimum atomic E-state index is -4.34. The molecule has 0 aromatic heterocycles. The maximum absolute atomic E-state index is 13.7. The van der Waals surface area contributed by atoms with E-state index in [1.165, 1.54) is 17.9 Å². The molecule has 4 aliphatic heterocycles. The molecule has 4 heterocycles. The first-order valence-electron chi connectivity index (χ1n) is 15.5. The van der Waals surface area contributed by atoms with Gasteiger partial charge < -0.3 is 10.1 Å². The predicted octanol–water partition coefficient (Wildman–Crippen LogP) is 1.50. The van der Waals surface area contributed by atoms with Crippen LogP contribution in [0.4, 0.5) is 26.3 Å². The summed E-state index contributed by atoms with van der Waals surface area (Å²) in [6.07, 6.45) is -3.18. The van der Waals surface area contributed by atoms with E-state index in [2.05, 4.69) is 32.0 Å². The van der Waals surface area contributed by atoms with E-state index in [0.717, 1.165) is 25.7 Å². The van der Waals surface area contributed by atoms with Crippen LogP contribution in [0.15, 0.2) is 0 Å². The first-order valence-corrected chi connectivity index (χ1v) is 15.5. The Morgan fingerprint density at radius 3 is 2.19 bits per heavy atom. The molecule has 0 bridgehead atoms. The molecule has 4 saturated heterocycles. The summed E-state index contributed by atoms with van der Waals surface area (Å²) in [4.78, 5) is 1.76. The van der Waals surface area contributed by atoms with Crippen molar-refractivity contribution in [2.75, 3.05) is 40.5 Å². The summed E-state index contributed by atoms with van der Waals surface area (Å²) in [7, 11) is 3.42. The minimum Gasteiger partial charge on any atom is -0.366 e. The Balaban J connectivity index is 1.12. The van der Waals surface area contributed by atoms with Crippen LogP contribution in [0.2, 0.25) is 0 Å². The summed E-state index contributed by atoms with van der Waals surface area (Å²) in [6, 6.07) is -1.97. The second-order valence-electron chi connectivity index (χ2n) is 13.5. The Bertz CT molecular complexity index is 916. The van der Waals surface area contributed by atoms with Crippen LogP contribution in [0.25, 0.3) is 0 Å². The third-order valence-corrected chi connectivity index (χ3v) is 10.7. The number of fused-ring (bicyclic) bond motifs is 1.